The van der Waals surface area contributed by atoms with Crippen molar-refractivity contribution in [1.29, 1.82) is 0 Å². The van der Waals surface area contributed by atoms with Crippen molar-refractivity contribution in [2.45, 2.75) is 127 Å². The molecule has 3 saturated carbocycles. The van der Waals surface area contributed by atoms with E-state index >= 15 is 0 Å². The van der Waals surface area contributed by atoms with Crippen LogP contribution >= 0.6 is 0 Å². The van der Waals surface area contributed by atoms with Crippen molar-refractivity contribution >= 4 is 0 Å². The molecule has 0 heterocycles. The van der Waals surface area contributed by atoms with E-state index < -0.39 is 0 Å². The number of hydrogen-bond acceptors (Lipinski definition) is 1. The number of fused-ring (bicyclic) bond motifs is 1. The smallest absolute Gasteiger partial charge is 0.00878 e. The van der Waals surface area contributed by atoms with Crippen molar-refractivity contribution in [2.75, 3.05) is 7.05 Å². The first-order valence-electron chi connectivity index (χ1n) is 17.0. The lowest BCUT2D eigenvalue weighted by molar-refractivity contribution is -0.0450. The van der Waals surface area contributed by atoms with Gasteiger partial charge < -0.3 is 5.73 Å². The summed E-state index contributed by atoms with van der Waals surface area (Å²) in [5.41, 5.74) is 10.9. The highest BCUT2D eigenvalue weighted by molar-refractivity contribution is 5.20. The highest BCUT2D eigenvalue weighted by atomic mass is 14.6. The van der Waals surface area contributed by atoms with Crippen LogP contribution in [-0.2, 0) is 0 Å². The summed E-state index contributed by atoms with van der Waals surface area (Å²) in [5, 5.41) is 0. The first kappa shape index (κ1) is 37.4. The maximum atomic E-state index is 4.64. The molecule has 1 heteroatoms. The van der Waals surface area contributed by atoms with Gasteiger partial charge in [-0.3, -0.25) is 0 Å². The van der Waals surface area contributed by atoms with Crippen molar-refractivity contribution in [3.63, 3.8) is 0 Å². The molecule has 3 fully saturated rings. The summed E-state index contributed by atoms with van der Waals surface area (Å²) in [4.78, 5) is 0. The molecule has 8 atom stereocenters. The number of allylic oxidation sites excluding steroid dienone is 3. The standard InChI is InChI=1S/C29H48.C8H10.C2H6.CH5N/c1-9-10-24-26-14-13-25(22(5)12-11-20(2)3)29(26,8)18-16-27(24)28(7)17-15-21(4)19-23(28)6;1-7-3-5-8(2)6-4-7;2*1-2/h9,21-22,24-27H,1-2,6,10-19H2,3-5,7-8H3;3-6H,1-2H3;1-2H3;2H2,1H3. The van der Waals surface area contributed by atoms with Crippen LogP contribution < -0.4 is 5.73 Å². The molecule has 41 heavy (non-hydrogen) atoms. The van der Waals surface area contributed by atoms with Gasteiger partial charge in [-0.1, -0.05) is 101 Å². The minimum atomic E-state index is 0.352. The Morgan fingerprint density at radius 3 is 2.02 bits per heavy atom. The second-order valence-corrected chi connectivity index (χ2v) is 14.1. The van der Waals surface area contributed by atoms with Crippen molar-refractivity contribution < 1.29 is 0 Å². The molecule has 3 aliphatic rings. The zero-order valence-electron chi connectivity index (χ0n) is 29.1. The summed E-state index contributed by atoms with van der Waals surface area (Å²) in [5.74, 6) is 5.03. The molecule has 2 N–H and O–H groups in total. The largest absolute Gasteiger partial charge is 0.333 e. The van der Waals surface area contributed by atoms with Gasteiger partial charge in [0.15, 0.2) is 0 Å². The number of aryl methyl sites for hydroxylation is 2. The minimum Gasteiger partial charge on any atom is -0.333 e. The Kier molecular flexibility index (Phi) is 16.0. The van der Waals surface area contributed by atoms with E-state index in [0.717, 1.165) is 35.5 Å². The zero-order valence-corrected chi connectivity index (χ0v) is 29.1. The highest BCUT2D eigenvalue weighted by Crippen LogP contribution is 2.66. The maximum absolute atomic E-state index is 4.64. The van der Waals surface area contributed by atoms with Gasteiger partial charge in [-0.05, 0) is 138 Å². The fourth-order valence-electron chi connectivity index (χ4n) is 8.81. The second kappa shape index (κ2) is 17.5. The van der Waals surface area contributed by atoms with Gasteiger partial charge >= 0.3 is 0 Å². The van der Waals surface area contributed by atoms with E-state index in [9.17, 15) is 0 Å². The van der Waals surface area contributed by atoms with Crippen LogP contribution in [0.15, 0.2) is 61.2 Å². The molecular weight excluding hydrogens is 494 g/mol. The van der Waals surface area contributed by atoms with Crippen LogP contribution in [0.4, 0.5) is 0 Å². The third-order valence-corrected chi connectivity index (χ3v) is 11.3. The fourth-order valence-corrected chi connectivity index (χ4v) is 8.81. The summed E-state index contributed by atoms with van der Waals surface area (Å²) in [6, 6.07) is 8.48. The number of rotatable bonds is 7. The lowest BCUT2D eigenvalue weighted by Gasteiger charge is -2.56. The molecule has 1 aromatic rings. The van der Waals surface area contributed by atoms with Gasteiger partial charge in [-0.25, -0.2) is 0 Å². The van der Waals surface area contributed by atoms with Crippen LogP contribution in [0.1, 0.15) is 124 Å². The Balaban J connectivity index is 0.000000590. The monoisotopic (exact) mass is 564 g/mol. The van der Waals surface area contributed by atoms with Gasteiger partial charge in [0.05, 0.1) is 0 Å². The van der Waals surface area contributed by atoms with E-state index in [1.165, 1.54) is 88.0 Å². The first-order valence-corrected chi connectivity index (χ1v) is 17.0. The van der Waals surface area contributed by atoms with Gasteiger partial charge in [0.2, 0.25) is 0 Å². The minimum absolute atomic E-state index is 0.352. The van der Waals surface area contributed by atoms with Crippen molar-refractivity contribution in [2.24, 2.45) is 52.1 Å². The summed E-state index contributed by atoms with van der Waals surface area (Å²) < 4.78 is 0. The van der Waals surface area contributed by atoms with Crippen LogP contribution in [0.5, 0.6) is 0 Å². The van der Waals surface area contributed by atoms with E-state index in [-0.39, 0.29) is 0 Å². The van der Waals surface area contributed by atoms with Gasteiger partial charge in [-0.2, -0.15) is 0 Å². The Morgan fingerprint density at radius 2 is 1.54 bits per heavy atom. The van der Waals surface area contributed by atoms with Gasteiger partial charge in [0.1, 0.15) is 0 Å². The molecule has 0 saturated heterocycles. The number of nitrogens with two attached hydrogens (primary N) is 1. The van der Waals surface area contributed by atoms with Crippen molar-refractivity contribution in [3.8, 4) is 0 Å². The van der Waals surface area contributed by atoms with E-state index in [1.54, 1.807) is 5.57 Å². The molecule has 8 unspecified atom stereocenters. The lowest BCUT2D eigenvalue weighted by atomic mass is 9.48. The van der Waals surface area contributed by atoms with E-state index in [2.05, 4.69) is 104 Å². The molecule has 0 bridgehead atoms. The van der Waals surface area contributed by atoms with Gasteiger partial charge in [-0.15, -0.1) is 13.2 Å². The van der Waals surface area contributed by atoms with E-state index in [1.807, 2.05) is 13.8 Å². The average molecular weight is 564 g/mol. The fraction of sp³-hybridized carbons (Fsp3) is 0.700. The molecule has 0 aliphatic heterocycles. The molecule has 4 rings (SSSR count). The predicted octanol–water partition coefficient (Wildman–Crippen LogP) is 11.9. The molecule has 0 amide bonds. The predicted molar refractivity (Wildman–Crippen MR) is 186 cm³/mol. The first-order chi connectivity index (χ1) is 19.4. The van der Waals surface area contributed by atoms with E-state index in [0.29, 0.717) is 10.8 Å². The summed E-state index contributed by atoms with van der Waals surface area (Å²) >= 11 is 0. The zero-order chi connectivity index (χ0) is 31.4. The van der Waals surface area contributed by atoms with Crippen LogP contribution in [0.3, 0.4) is 0 Å². The van der Waals surface area contributed by atoms with Crippen molar-refractivity contribution in [1.82, 2.24) is 0 Å². The highest BCUT2D eigenvalue weighted by Gasteiger charge is 2.57. The van der Waals surface area contributed by atoms with Crippen LogP contribution in [-0.4, -0.2) is 7.05 Å². The Labute approximate surface area is 257 Å². The lowest BCUT2D eigenvalue weighted by Crippen LogP contribution is -2.48. The summed E-state index contributed by atoms with van der Waals surface area (Å²) in [6.45, 7) is 33.6. The number of hydrogen-bond donors (Lipinski definition) is 1. The Hall–Kier alpha value is -1.60. The maximum Gasteiger partial charge on any atom is -0.00878 e. The van der Waals surface area contributed by atoms with E-state index in [4.69, 9.17) is 0 Å². The Bertz CT molecular complexity index is 904. The van der Waals surface area contributed by atoms with Crippen LogP contribution in [0.2, 0.25) is 0 Å². The third kappa shape index (κ3) is 9.44. The summed E-state index contributed by atoms with van der Waals surface area (Å²) in [7, 11) is 1.50. The summed E-state index contributed by atoms with van der Waals surface area (Å²) in [6.07, 6.45) is 15.7. The topological polar surface area (TPSA) is 26.0 Å². The normalized spacial score (nSPS) is 33.0. The molecule has 0 radical (unpaired) electrons. The molecular formula is C40H69N. The van der Waals surface area contributed by atoms with Gasteiger partial charge in [0, 0.05) is 0 Å². The number of benzene rings is 1. The van der Waals surface area contributed by atoms with Crippen molar-refractivity contribution in [3.05, 3.63) is 72.4 Å². The quantitative estimate of drug-likeness (QED) is 0.328. The second-order valence-electron chi connectivity index (χ2n) is 14.1. The Morgan fingerprint density at radius 1 is 0.976 bits per heavy atom. The molecule has 1 nitrogen and oxygen atoms in total. The molecule has 3 aliphatic carbocycles. The van der Waals surface area contributed by atoms with Gasteiger partial charge in [0.25, 0.3) is 0 Å². The average Bonchev–Trinajstić information content (AvgIpc) is 3.31. The third-order valence-electron chi connectivity index (χ3n) is 11.3. The molecule has 1 aromatic carbocycles. The molecule has 0 spiro atoms. The van der Waals surface area contributed by atoms with Crippen LogP contribution in [0, 0.1) is 60.2 Å². The molecule has 234 valence electrons. The SMILES string of the molecule is C=CCC1C(C2(C)CCC(C)CC2=C)CCC2(C)C(C(C)CCC(=C)C)CCC12.CC.CN.Cc1ccc(C)cc1. The van der Waals surface area contributed by atoms with Crippen LogP contribution in [0.25, 0.3) is 0 Å². The molecule has 0 aromatic heterocycles.